The van der Waals surface area contributed by atoms with Gasteiger partial charge in [0.1, 0.15) is 0 Å². The molecule has 0 amide bonds. The number of rotatable bonds is 12. The summed E-state index contributed by atoms with van der Waals surface area (Å²) in [4.78, 5) is 4.99. The van der Waals surface area contributed by atoms with Crippen molar-refractivity contribution in [2.45, 2.75) is 65.5 Å². The summed E-state index contributed by atoms with van der Waals surface area (Å²) in [5.41, 5.74) is 0. The van der Waals surface area contributed by atoms with Gasteiger partial charge in [0.25, 0.3) is 0 Å². The number of hydrogen-bond acceptors (Lipinski definition) is 3. The Morgan fingerprint density at radius 3 is 2.00 bits per heavy atom. The quantitative estimate of drug-likeness (QED) is 0.589. The summed E-state index contributed by atoms with van der Waals surface area (Å²) in [6.07, 6.45) is 5.04. The molecule has 0 bridgehead atoms. The number of likely N-dealkylation sites (N-methyl/N-ethyl adjacent to an activating group) is 2. The van der Waals surface area contributed by atoms with Crippen molar-refractivity contribution in [3.05, 3.63) is 0 Å². The minimum atomic E-state index is 0.647. The summed E-state index contributed by atoms with van der Waals surface area (Å²) >= 11 is 0. The molecule has 0 aliphatic heterocycles. The maximum Gasteiger partial charge on any atom is 0.0247 e. The summed E-state index contributed by atoms with van der Waals surface area (Å²) in [7, 11) is 4.33. The van der Waals surface area contributed by atoms with Gasteiger partial charge in [-0.2, -0.15) is 0 Å². The monoisotopic (exact) mass is 271 g/mol. The average molecular weight is 271 g/mol. The first-order valence-electron chi connectivity index (χ1n) is 8.22. The van der Waals surface area contributed by atoms with E-state index in [9.17, 15) is 0 Å². The maximum atomic E-state index is 3.71. The van der Waals surface area contributed by atoms with Crippen molar-refractivity contribution < 1.29 is 0 Å². The van der Waals surface area contributed by atoms with Gasteiger partial charge < -0.3 is 10.2 Å². The Balaban J connectivity index is 4.65. The lowest BCUT2D eigenvalue weighted by Gasteiger charge is -2.37. The van der Waals surface area contributed by atoms with Gasteiger partial charge in [-0.05, 0) is 46.4 Å². The Bertz CT molecular complexity index is 188. The third kappa shape index (κ3) is 7.91. The van der Waals surface area contributed by atoms with Crippen molar-refractivity contribution in [3.63, 3.8) is 0 Å². The van der Waals surface area contributed by atoms with Crippen LogP contribution in [0.4, 0.5) is 0 Å². The third-order valence-corrected chi connectivity index (χ3v) is 3.76. The predicted molar refractivity (Wildman–Crippen MR) is 86.9 cm³/mol. The second-order valence-electron chi connectivity index (χ2n) is 5.77. The smallest absolute Gasteiger partial charge is 0.0247 e. The van der Waals surface area contributed by atoms with Gasteiger partial charge >= 0.3 is 0 Å². The molecule has 3 nitrogen and oxygen atoms in total. The summed E-state index contributed by atoms with van der Waals surface area (Å²) in [5, 5.41) is 3.71. The summed E-state index contributed by atoms with van der Waals surface area (Å²) < 4.78 is 0. The third-order valence-electron chi connectivity index (χ3n) is 3.76. The average Bonchev–Trinajstić information content (AvgIpc) is 2.37. The molecule has 0 saturated heterocycles. The van der Waals surface area contributed by atoms with Crippen LogP contribution < -0.4 is 5.32 Å². The van der Waals surface area contributed by atoms with Crippen LogP contribution in [0.1, 0.15) is 53.4 Å². The number of nitrogens with zero attached hydrogens (tertiary/aromatic N) is 2. The highest BCUT2D eigenvalue weighted by Gasteiger charge is 2.24. The highest BCUT2D eigenvalue weighted by atomic mass is 15.2. The molecule has 1 N–H and O–H groups in total. The van der Waals surface area contributed by atoms with E-state index < -0.39 is 0 Å². The fourth-order valence-corrected chi connectivity index (χ4v) is 2.86. The lowest BCUT2D eigenvalue weighted by Crippen LogP contribution is -2.51. The van der Waals surface area contributed by atoms with Gasteiger partial charge in [-0.3, -0.25) is 4.90 Å². The van der Waals surface area contributed by atoms with Crippen molar-refractivity contribution >= 4 is 0 Å². The van der Waals surface area contributed by atoms with Gasteiger partial charge in [0.05, 0.1) is 0 Å². The highest BCUT2D eigenvalue weighted by Crippen LogP contribution is 2.14. The molecule has 0 saturated carbocycles. The predicted octanol–water partition coefficient (Wildman–Crippen LogP) is 2.82. The molecule has 0 aromatic carbocycles. The highest BCUT2D eigenvalue weighted by molar-refractivity contribution is 4.83. The van der Waals surface area contributed by atoms with E-state index in [4.69, 9.17) is 0 Å². The van der Waals surface area contributed by atoms with Gasteiger partial charge in [-0.15, -0.1) is 0 Å². The van der Waals surface area contributed by atoms with E-state index in [0.29, 0.717) is 12.1 Å². The molecule has 0 rings (SSSR count). The van der Waals surface area contributed by atoms with E-state index in [-0.39, 0.29) is 0 Å². The van der Waals surface area contributed by atoms with E-state index in [2.05, 4.69) is 56.9 Å². The maximum absolute atomic E-state index is 3.71. The Labute approximate surface area is 121 Å². The zero-order valence-corrected chi connectivity index (χ0v) is 14.2. The topological polar surface area (TPSA) is 18.5 Å². The van der Waals surface area contributed by atoms with Crippen LogP contribution in [-0.4, -0.2) is 62.2 Å². The van der Waals surface area contributed by atoms with Crippen LogP contribution in [0.15, 0.2) is 0 Å². The molecular formula is C16H37N3. The molecule has 0 spiro atoms. The SMILES string of the molecule is CCCC(NCC)C(CC)N(CCC)CCN(C)C. The van der Waals surface area contributed by atoms with Crippen LogP contribution in [0.5, 0.6) is 0 Å². The van der Waals surface area contributed by atoms with Crippen LogP contribution in [0.25, 0.3) is 0 Å². The van der Waals surface area contributed by atoms with Crippen LogP contribution in [0, 0.1) is 0 Å². The standard InChI is InChI=1S/C16H37N3/c1-7-11-15(17-10-4)16(9-3)19(12-8-2)14-13-18(5)6/h15-17H,7-14H2,1-6H3. The van der Waals surface area contributed by atoms with Gasteiger partial charge in [-0.25, -0.2) is 0 Å². The molecule has 116 valence electrons. The largest absolute Gasteiger partial charge is 0.313 e. The molecule has 0 heterocycles. The van der Waals surface area contributed by atoms with E-state index in [0.717, 1.165) is 13.1 Å². The Morgan fingerprint density at radius 2 is 1.58 bits per heavy atom. The minimum Gasteiger partial charge on any atom is -0.313 e. The van der Waals surface area contributed by atoms with Crippen LogP contribution in [0.2, 0.25) is 0 Å². The Hall–Kier alpha value is -0.120. The molecule has 2 atom stereocenters. The molecule has 0 fully saturated rings. The van der Waals surface area contributed by atoms with Crippen molar-refractivity contribution in [2.24, 2.45) is 0 Å². The van der Waals surface area contributed by atoms with E-state index >= 15 is 0 Å². The first-order valence-corrected chi connectivity index (χ1v) is 8.22. The molecule has 0 aromatic heterocycles. The zero-order chi connectivity index (χ0) is 14.7. The summed E-state index contributed by atoms with van der Waals surface area (Å²) in [6, 6.07) is 1.33. The van der Waals surface area contributed by atoms with Gasteiger partial charge in [0, 0.05) is 25.2 Å². The van der Waals surface area contributed by atoms with Gasteiger partial charge in [0.15, 0.2) is 0 Å². The fourth-order valence-electron chi connectivity index (χ4n) is 2.86. The summed E-state index contributed by atoms with van der Waals surface area (Å²) in [5.74, 6) is 0. The number of hydrogen-bond donors (Lipinski definition) is 1. The van der Waals surface area contributed by atoms with Crippen molar-refractivity contribution in [3.8, 4) is 0 Å². The molecule has 19 heavy (non-hydrogen) atoms. The molecule has 0 aliphatic carbocycles. The molecule has 0 radical (unpaired) electrons. The fraction of sp³-hybridized carbons (Fsp3) is 1.00. The Morgan fingerprint density at radius 1 is 0.895 bits per heavy atom. The molecule has 0 aliphatic rings. The molecule has 0 aromatic rings. The van der Waals surface area contributed by atoms with E-state index in [1.807, 2.05) is 0 Å². The second-order valence-corrected chi connectivity index (χ2v) is 5.77. The zero-order valence-electron chi connectivity index (χ0n) is 14.2. The molecule has 2 unspecified atom stereocenters. The minimum absolute atomic E-state index is 0.647. The van der Waals surface area contributed by atoms with E-state index in [1.165, 1.54) is 38.8 Å². The van der Waals surface area contributed by atoms with Crippen LogP contribution >= 0.6 is 0 Å². The summed E-state index contributed by atoms with van der Waals surface area (Å²) in [6.45, 7) is 13.8. The second kappa shape index (κ2) is 11.7. The van der Waals surface area contributed by atoms with Crippen LogP contribution in [-0.2, 0) is 0 Å². The van der Waals surface area contributed by atoms with Crippen molar-refractivity contribution in [2.75, 3.05) is 40.3 Å². The molecule has 3 heteroatoms. The lowest BCUT2D eigenvalue weighted by molar-refractivity contribution is 0.135. The van der Waals surface area contributed by atoms with Crippen LogP contribution in [0.3, 0.4) is 0 Å². The van der Waals surface area contributed by atoms with Crippen molar-refractivity contribution in [1.82, 2.24) is 15.1 Å². The number of nitrogens with one attached hydrogen (secondary N) is 1. The van der Waals surface area contributed by atoms with Gasteiger partial charge in [0.2, 0.25) is 0 Å². The first kappa shape index (κ1) is 18.9. The molecular weight excluding hydrogens is 234 g/mol. The first-order chi connectivity index (χ1) is 9.10. The lowest BCUT2D eigenvalue weighted by atomic mass is 9.98. The van der Waals surface area contributed by atoms with E-state index in [1.54, 1.807) is 0 Å². The Kier molecular flexibility index (Phi) is 11.6. The normalized spacial score (nSPS) is 15.2. The van der Waals surface area contributed by atoms with Crippen molar-refractivity contribution in [1.29, 1.82) is 0 Å². The van der Waals surface area contributed by atoms with Gasteiger partial charge in [-0.1, -0.05) is 34.1 Å².